The zero-order valence-corrected chi connectivity index (χ0v) is 14.2. The molecule has 0 fully saturated rings. The molecule has 24 heavy (non-hydrogen) atoms. The highest BCUT2D eigenvalue weighted by atomic mass is 19.4. The number of quaternary nitrogens is 1. The van der Waals surface area contributed by atoms with Gasteiger partial charge in [0.2, 0.25) is 0 Å². The minimum absolute atomic E-state index is 0.0216. The molecule has 0 aromatic heterocycles. The maximum Gasteiger partial charge on any atom is 0.405 e. The second-order valence-electron chi connectivity index (χ2n) is 6.02. The van der Waals surface area contributed by atoms with Crippen LogP contribution in [-0.4, -0.2) is 44.7 Å². The average molecular weight is 346 g/mol. The first-order chi connectivity index (χ1) is 11.0. The zero-order valence-electron chi connectivity index (χ0n) is 14.2. The fraction of sp³-hybridized carbons (Fsp3) is 0.500. The molecule has 8 heteroatoms. The van der Waals surface area contributed by atoms with Gasteiger partial charge in [0.15, 0.2) is 13.1 Å². The van der Waals surface area contributed by atoms with Crippen molar-refractivity contribution >= 4 is 17.5 Å². The molecule has 0 spiro atoms. The second kappa shape index (κ2) is 8.14. The molecule has 1 aromatic carbocycles. The van der Waals surface area contributed by atoms with Crippen LogP contribution in [0.5, 0.6) is 0 Å². The van der Waals surface area contributed by atoms with Gasteiger partial charge in [-0.2, -0.15) is 13.2 Å². The van der Waals surface area contributed by atoms with Crippen LogP contribution in [-0.2, 0) is 9.59 Å². The van der Waals surface area contributed by atoms with Gasteiger partial charge in [-0.25, -0.2) is 0 Å². The number of hydrogen-bond donors (Lipinski definition) is 3. The normalized spacial score (nSPS) is 12.6. The van der Waals surface area contributed by atoms with Crippen LogP contribution in [0, 0.1) is 20.8 Å². The summed E-state index contributed by atoms with van der Waals surface area (Å²) in [4.78, 5) is 24.0. The zero-order chi connectivity index (χ0) is 18.5. The average Bonchev–Trinajstić information content (AvgIpc) is 2.39. The molecule has 3 N–H and O–H groups in total. The third kappa shape index (κ3) is 6.99. The number of halogens is 3. The quantitative estimate of drug-likeness (QED) is 0.712. The lowest BCUT2D eigenvalue weighted by molar-refractivity contribution is -0.862. The number of aryl methyl sites for hydroxylation is 3. The van der Waals surface area contributed by atoms with Crippen LogP contribution in [0.25, 0.3) is 0 Å². The van der Waals surface area contributed by atoms with E-state index in [1.54, 1.807) is 12.4 Å². The van der Waals surface area contributed by atoms with Crippen LogP contribution < -0.4 is 15.5 Å². The van der Waals surface area contributed by atoms with Crippen LogP contribution in [0.1, 0.15) is 16.7 Å². The summed E-state index contributed by atoms with van der Waals surface area (Å²) in [5, 5.41) is 4.58. The van der Waals surface area contributed by atoms with Gasteiger partial charge in [-0.3, -0.25) is 9.59 Å². The molecule has 0 radical (unpaired) electrons. The van der Waals surface area contributed by atoms with Crippen molar-refractivity contribution in [3.05, 3.63) is 28.8 Å². The van der Waals surface area contributed by atoms with E-state index in [9.17, 15) is 22.8 Å². The molecule has 1 aromatic rings. The minimum Gasteiger partial charge on any atom is -0.342 e. The molecule has 0 aliphatic carbocycles. The summed E-state index contributed by atoms with van der Waals surface area (Å²) in [6, 6.07) is 3.90. The highest BCUT2D eigenvalue weighted by Gasteiger charge is 2.28. The van der Waals surface area contributed by atoms with E-state index in [1.165, 1.54) is 0 Å². The fourth-order valence-corrected chi connectivity index (χ4v) is 2.43. The Morgan fingerprint density at radius 2 is 1.54 bits per heavy atom. The van der Waals surface area contributed by atoms with E-state index < -0.39 is 18.6 Å². The summed E-state index contributed by atoms with van der Waals surface area (Å²) in [5.74, 6) is -1.05. The Bertz CT molecular complexity index is 592. The molecule has 1 atom stereocenters. The van der Waals surface area contributed by atoms with Gasteiger partial charge in [-0.15, -0.1) is 0 Å². The van der Waals surface area contributed by atoms with Crippen molar-refractivity contribution < 1.29 is 27.7 Å². The summed E-state index contributed by atoms with van der Waals surface area (Å²) in [5.41, 5.74) is 3.68. The maximum absolute atomic E-state index is 12.1. The molecular weight excluding hydrogens is 323 g/mol. The summed E-state index contributed by atoms with van der Waals surface area (Å²) in [6.45, 7) is 4.13. The monoisotopic (exact) mass is 346 g/mol. The van der Waals surface area contributed by atoms with E-state index in [1.807, 2.05) is 32.9 Å². The molecule has 134 valence electrons. The number of likely N-dealkylation sites (N-methyl/N-ethyl adjacent to an activating group) is 1. The molecule has 0 saturated carbocycles. The lowest BCUT2D eigenvalue weighted by Crippen LogP contribution is -3.11. The van der Waals surface area contributed by atoms with E-state index >= 15 is 0 Å². The number of hydrogen-bond acceptors (Lipinski definition) is 2. The van der Waals surface area contributed by atoms with Crippen molar-refractivity contribution in [1.29, 1.82) is 0 Å². The van der Waals surface area contributed by atoms with Gasteiger partial charge in [0.25, 0.3) is 11.8 Å². The molecular formula is C16H23F3N3O2+. The smallest absolute Gasteiger partial charge is 0.342 e. The molecule has 1 rings (SSSR count). The molecule has 0 bridgehead atoms. The van der Waals surface area contributed by atoms with E-state index in [2.05, 4.69) is 5.32 Å². The van der Waals surface area contributed by atoms with Crippen molar-refractivity contribution in [3.63, 3.8) is 0 Å². The van der Waals surface area contributed by atoms with Crippen molar-refractivity contribution in [1.82, 2.24) is 5.32 Å². The van der Waals surface area contributed by atoms with Crippen LogP contribution in [0.2, 0.25) is 0 Å². The topological polar surface area (TPSA) is 62.6 Å². The number of anilines is 1. The van der Waals surface area contributed by atoms with Crippen molar-refractivity contribution in [2.75, 3.05) is 32.0 Å². The molecule has 0 saturated heterocycles. The van der Waals surface area contributed by atoms with Gasteiger partial charge in [-0.1, -0.05) is 17.7 Å². The van der Waals surface area contributed by atoms with Crippen LogP contribution in [0.4, 0.5) is 18.9 Å². The van der Waals surface area contributed by atoms with Crippen LogP contribution in [0.3, 0.4) is 0 Å². The Hall–Kier alpha value is -2.09. The molecule has 1 unspecified atom stereocenters. The Morgan fingerprint density at radius 1 is 1.04 bits per heavy atom. The lowest BCUT2D eigenvalue weighted by Gasteiger charge is -2.16. The van der Waals surface area contributed by atoms with Crippen LogP contribution in [0.15, 0.2) is 12.1 Å². The predicted octanol–water partition coefficient (Wildman–Crippen LogP) is 0.744. The minimum atomic E-state index is -4.44. The van der Waals surface area contributed by atoms with E-state index in [-0.39, 0.29) is 19.0 Å². The highest BCUT2D eigenvalue weighted by Crippen LogP contribution is 2.21. The largest absolute Gasteiger partial charge is 0.405 e. The van der Waals surface area contributed by atoms with Gasteiger partial charge in [0, 0.05) is 5.69 Å². The Morgan fingerprint density at radius 3 is 2.04 bits per heavy atom. The molecule has 0 aliphatic rings. The third-order valence-corrected chi connectivity index (χ3v) is 3.35. The maximum atomic E-state index is 12.1. The van der Waals surface area contributed by atoms with Gasteiger partial charge in [0.1, 0.15) is 6.54 Å². The Labute approximate surface area is 139 Å². The Kier molecular flexibility index (Phi) is 6.77. The molecule has 5 nitrogen and oxygen atoms in total. The lowest BCUT2D eigenvalue weighted by atomic mass is 10.1. The van der Waals surface area contributed by atoms with Gasteiger partial charge in [-0.05, 0) is 31.9 Å². The fourth-order valence-electron chi connectivity index (χ4n) is 2.43. The summed E-state index contributed by atoms with van der Waals surface area (Å²) in [7, 11) is 1.57. The third-order valence-electron chi connectivity index (χ3n) is 3.35. The number of rotatable bonds is 6. The first-order valence-electron chi connectivity index (χ1n) is 7.50. The number of alkyl halides is 3. The van der Waals surface area contributed by atoms with E-state index in [4.69, 9.17) is 0 Å². The van der Waals surface area contributed by atoms with Crippen molar-refractivity contribution in [2.45, 2.75) is 26.9 Å². The predicted molar refractivity (Wildman–Crippen MR) is 85.0 cm³/mol. The Balaban J connectivity index is 2.52. The SMILES string of the molecule is Cc1cc(C)c(NC(=O)C[NH+](C)CC(=O)NCC(F)(F)F)c(C)c1. The van der Waals surface area contributed by atoms with E-state index in [0.29, 0.717) is 4.90 Å². The first kappa shape index (κ1) is 20.0. The van der Waals surface area contributed by atoms with Crippen molar-refractivity contribution in [3.8, 4) is 0 Å². The summed E-state index contributed by atoms with van der Waals surface area (Å²) < 4.78 is 36.1. The number of carbonyl (C=O) groups is 2. The first-order valence-corrected chi connectivity index (χ1v) is 7.50. The van der Waals surface area contributed by atoms with Crippen molar-refractivity contribution in [2.24, 2.45) is 0 Å². The molecule has 0 heterocycles. The number of amides is 2. The number of carbonyl (C=O) groups excluding carboxylic acids is 2. The van der Waals surface area contributed by atoms with Gasteiger partial charge >= 0.3 is 6.18 Å². The van der Waals surface area contributed by atoms with E-state index in [0.717, 1.165) is 22.4 Å². The number of nitrogens with one attached hydrogen (secondary N) is 3. The van der Waals surface area contributed by atoms with Gasteiger partial charge < -0.3 is 15.5 Å². The summed E-state index contributed by atoms with van der Waals surface area (Å²) in [6.07, 6.45) is -4.44. The standard InChI is InChI=1S/C16H22F3N3O2/c1-10-5-11(2)15(12(3)6-10)21-14(24)8-22(4)7-13(23)20-9-16(17,18)19/h5-6H,7-9H2,1-4H3,(H,20,23)(H,21,24)/p+1. The highest BCUT2D eigenvalue weighted by molar-refractivity contribution is 5.93. The number of benzene rings is 1. The molecule has 0 aliphatic heterocycles. The van der Waals surface area contributed by atoms with Gasteiger partial charge in [0.05, 0.1) is 7.05 Å². The van der Waals surface area contributed by atoms with Crippen LogP contribution >= 0.6 is 0 Å². The molecule has 2 amide bonds. The second-order valence-corrected chi connectivity index (χ2v) is 6.02. The summed E-state index contributed by atoms with van der Waals surface area (Å²) >= 11 is 0.